The normalized spacial score (nSPS) is 17.9. The summed E-state index contributed by atoms with van der Waals surface area (Å²) >= 11 is 0. The van der Waals surface area contributed by atoms with Gasteiger partial charge < -0.3 is 9.88 Å². The van der Waals surface area contributed by atoms with Crippen LogP contribution in [0.15, 0.2) is 14.7 Å². The van der Waals surface area contributed by atoms with Gasteiger partial charge in [-0.3, -0.25) is 13.9 Å². The highest BCUT2D eigenvalue weighted by molar-refractivity contribution is 7.90. The Morgan fingerprint density at radius 1 is 1.27 bits per heavy atom. The smallest absolute Gasteiger partial charge is 0.316 e. The quantitative estimate of drug-likeness (QED) is 0.660. The van der Waals surface area contributed by atoms with Crippen molar-refractivity contribution in [3.8, 4) is 11.8 Å². The first-order chi connectivity index (χ1) is 12.2. The topological polar surface area (TPSA) is 108 Å². The summed E-state index contributed by atoms with van der Waals surface area (Å²) < 4.78 is 27.2. The summed E-state index contributed by atoms with van der Waals surface area (Å²) in [6.45, 7) is 1.84. The Morgan fingerprint density at radius 2 is 2.00 bits per heavy atom. The molecule has 0 amide bonds. The van der Waals surface area contributed by atoms with Gasteiger partial charge in [-0.2, -0.15) is 4.98 Å². The fourth-order valence-corrected chi connectivity index (χ4v) is 3.97. The molecule has 3 rings (SSSR count). The Hall–Kier alpha value is -2.38. The lowest BCUT2D eigenvalue weighted by atomic mass is 10.0. The van der Waals surface area contributed by atoms with Gasteiger partial charge in [-0.25, -0.2) is 13.2 Å². The number of sulfone groups is 1. The van der Waals surface area contributed by atoms with E-state index in [0.717, 1.165) is 36.8 Å². The minimum atomic E-state index is -3.65. The molecule has 3 heterocycles. The molecule has 2 aromatic rings. The van der Waals surface area contributed by atoms with Crippen molar-refractivity contribution in [2.75, 3.05) is 19.3 Å². The Labute approximate surface area is 150 Å². The van der Waals surface area contributed by atoms with Crippen molar-refractivity contribution < 1.29 is 8.42 Å². The van der Waals surface area contributed by atoms with Crippen LogP contribution in [0, 0.1) is 17.8 Å². The van der Waals surface area contributed by atoms with Crippen molar-refractivity contribution in [1.82, 2.24) is 24.0 Å². The molecule has 1 aliphatic rings. The predicted octanol–water partition coefficient (Wildman–Crippen LogP) is -1.16. The highest BCUT2D eigenvalue weighted by Crippen LogP contribution is 2.14. The molecule has 0 bridgehead atoms. The molecule has 0 aliphatic carbocycles. The van der Waals surface area contributed by atoms with Crippen LogP contribution in [-0.4, -0.2) is 46.4 Å². The van der Waals surface area contributed by atoms with E-state index in [-0.39, 0.29) is 28.8 Å². The summed E-state index contributed by atoms with van der Waals surface area (Å²) in [5.74, 6) is 6.33. The molecular weight excluding hydrogens is 358 g/mol. The van der Waals surface area contributed by atoms with Crippen LogP contribution in [-0.2, 0) is 30.5 Å². The highest BCUT2D eigenvalue weighted by Gasteiger charge is 2.23. The number of imidazole rings is 1. The zero-order chi connectivity index (χ0) is 19.1. The van der Waals surface area contributed by atoms with Crippen LogP contribution >= 0.6 is 0 Å². The lowest BCUT2D eigenvalue weighted by Gasteiger charge is -2.17. The third-order valence-corrected chi connectivity index (χ3v) is 5.52. The molecule has 0 radical (unpaired) electrons. The second-order valence-corrected chi connectivity index (χ2v) is 8.40. The predicted molar refractivity (Wildman–Crippen MR) is 96.7 cm³/mol. The number of hydrogen-bond donors (Lipinski definition) is 1. The van der Waals surface area contributed by atoms with Crippen LogP contribution in [0.5, 0.6) is 0 Å². The first-order valence-electron chi connectivity index (χ1n) is 8.27. The fourth-order valence-electron chi connectivity index (χ4n) is 3.13. The summed E-state index contributed by atoms with van der Waals surface area (Å²) in [4.78, 5) is 29.0. The van der Waals surface area contributed by atoms with E-state index >= 15 is 0 Å². The van der Waals surface area contributed by atoms with Crippen molar-refractivity contribution in [2.45, 2.75) is 24.5 Å². The summed E-state index contributed by atoms with van der Waals surface area (Å²) in [6.07, 6.45) is 3.07. The number of hydrogen-bond acceptors (Lipinski definition) is 6. The Kier molecular flexibility index (Phi) is 4.77. The van der Waals surface area contributed by atoms with E-state index in [1.165, 1.54) is 23.2 Å². The van der Waals surface area contributed by atoms with Crippen molar-refractivity contribution in [2.24, 2.45) is 20.0 Å². The number of piperidine rings is 1. The van der Waals surface area contributed by atoms with Gasteiger partial charge in [-0.1, -0.05) is 11.8 Å². The molecule has 1 atom stereocenters. The monoisotopic (exact) mass is 379 g/mol. The van der Waals surface area contributed by atoms with Gasteiger partial charge in [0.05, 0.1) is 6.54 Å². The maximum Gasteiger partial charge on any atom is 0.333 e. The van der Waals surface area contributed by atoms with E-state index in [0.29, 0.717) is 0 Å². The third-order valence-electron chi connectivity index (χ3n) is 4.49. The van der Waals surface area contributed by atoms with Gasteiger partial charge in [0.25, 0.3) is 5.56 Å². The van der Waals surface area contributed by atoms with Crippen LogP contribution in [0.1, 0.15) is 12.8 Å². The molecular formula is C16H21N5O4S. The zero-order valence-corrected chi connectivity index (χ0v) is 15.8. The van der Waals surface area contributed by atoms with Gasteiger partial charge in [-0.15, -0.1) is 0 Å². The molecule has 9 nitrogen and oxygen atoms in total. The minimum Gasteiger partial charge on any atom is -0.316 e. The highest BCUT2D eigenvalue weighted by atomic mass is 32.2. The molecule has 0 spiro atoms. The first kappa shape index (κ1) is 18.4. The molecule has 1 fully saturated rings. The second kappa shape index (κ2) is 6.74. The molecule has 1 unspecified atom stereocenters. The van der Waals surface area contributed by atoms with Crippen LogP contribution in [0.25, 0.3) is 11.2 Å². The summed E-state index contributed by atoms with van der Waals surface area (Å²) in [5.41, 5.74) is -1.06. The molecule has 10 heteroatoms. The maximum absolute atomic E-state index is 12.5. The minimum absolute atomic E-state index is 0.0390. The van der Waals surface area contributed by atoms with Gasteiger partial charge in [0.2, 0.25) is 15.0 Å². The molecule has 0 saturated carbocycles. The second-order valence-electron chi connectivity index (χ2n) is 6.50. The van der Waals surface area contributed by atoms with E-state index in [4.69, 9.17) is 0 Å². The SMILES string of the molecule is Cn1c(=O)c2c(nc(S(C)(=O)=O)n2C)n(CC#CC2CCCNC2)c1=O. The summed E-state index contributed by atoms with van der Waals surface area (Å²) in [6, 6.07) is 0. The van der Waals surface area contributed by atoms with Crippen molar-refractivity contribution in [1.29, 1.82) is 0 Å². The van der Waals surface area contributed by atoms with Crippen molar-refractivity contribution >= 4 is 21.0 Å². The lowest BCUT2D eigenvalue weighted by Crippen LogP contribution is -2.38. The summed E-state index contributed by atoms with van der Waals surface area (Å²) in [5, 5.41) is 3.01. The molecule has 0 aromatic carbocycles. The van der Waals surface area contributed by atoms with Crippen molar-refractivity contribution in [3.63, 3.8) is 0 Å². The van der Waals surface area contributed by atoms with Crippen LogP contribution < -0.4 is 16.6 Å². The number of fused-ring (bicyclic) bond motifs is 1. The van der Waals surface area contributed by atoms with E-state index in [1.54, 1.807) is 0 Å². The molecule has 1 N–H and O–H groups in total. The molecule has 1 saturated heterocycles. The Morgan fingerprint density at radius 3 is 2.62 bits per heavy atom. The third kappa shape index (κ3) is 3.20. The van der Waals surface area contributed by atoms with E-state index in [2.05, 4.69) is 22.1 Å². The Bertz CT molecular complexity index is 1140. The van der Waals surface area contributed by atoms with Crippen molar-refractivity contribution in [3.05, 3.63) is 20.8 Å². The maximum atomic E-state index is 12.5. The van der Waals surface area contributed by atoms with E-state index in [1.807, 2.05) is 0 Å². The van der Waals surface area contributed by atoms with Crippen LogP contribution in [0.3, 0.4) is 0 Å². The molecule has 2 aromatic heterocycles. The fraction of sp³-hybridized carbons (Fsp3) is 0.562. The average Bonchev–Trinajstić information content (AvgIpc) is 2.94. The van der Waals surface area contributed by atoms with Gasteiger partial charge in [0, 0.05) is 32.8 Å². The molecule has 140 valence electrons. The largest absolute Gasteiger partial charge is 0.333 e. The van der Waals surface area contributed by atoms with Gasteiger partial charge in [-0.05, 0) is 19.4 Å². The molecule has 1 aliphatic heterocycles. The molecule has 26 heavy (non-hydrogen) atoms. The standard InChI is InChI=1S/C16H21N5O4S/c1-19-12-13(18-15(19)26(3,24)25)21(16(23)20(2)14(12)22)9-5-7-11-6-4-8-17-10-11/h11,17H,4,6,8-10H2,1-3H3. The van der Waals surface area contributed by atoms with Gasteiger partial charge in [0.1, 0.15) is 0 Å². The van der Waals surface area contributed by atoms with Gasteiger partial charge in [0.15, 0.2) is 11.2 Å². The lowest BCUT2D eigenvalue weighted by molar-refractivity contribution is 0.449. The van der Waals surface area contributed by atoms with Gasteiger partial charge >= 0.3 is 5.69 Å². The number of aryl methyl sites for hydroxylation is 1. The first-order valence-corrected chi connectivity index (χ1v) is 10.2. The average molecular weight is 379 g/mol. The van der Waals surface area contributed by atoms with E-state index in [9.17, 15) is 18.0 Å². The summed E-state index contributed by atoms with van der Waals surface area (Å²) in [7, 11) is -0.849. The number of aromatic nitrogens is 4. The zero-order valence-electron chi connectivity index (χ0n) is 14.9. The number of nitrogens with one attached hydrogen (secondary N) is 1. The number of rotatable bonds is 2. The van der Waals surface area contributed by atoms with Crippen LogP contribution in [0.2, 0.25) is 0 Å². The Balaban J connectivity index is 2.14. The van der Waals surface area contributed by atoms with Crippen LogP contribution in [0.4, 0.5) is 0 Å². The van der Waals surface area contributed by atoms with E-state index < -0.39 is 21.1 Å². The number of nitrogens with zero attached hydrogens (tertiary/aromatic N) is 4.